The van der Waals surface area contributed by atoms with Crippen molar-refractivity contribution in [1.29, 1.82) is 0 Å². The van der Waals surface area contributed by atoms with Crippen LogP contribution < -0.4 is 4.90 Å². The third-order valence-electron chi connectivity index (χ3n) is 5.22. The van der Waals surface area contributed by atoms with Crippen LogP contribution >= 0.6 is 0 Å². The Morgan fingerprint density at radius 2 is 1.82 bits per heavy atom. The SMILES string of the molecule is Cc1noc2nc(C(C)C)cc(C(=O)N3CCN(c4ccc(F)cc4)CC3)c12. The number of piperazine rings is 1. The van der Waals surface area contributed by atoms with Crippen LogP contribution in [0.3, 0.4) is 0 Å². The molecule has 1 fully saturated rings. The summed E-state index contributed by atoms with van der Waals surface area (Å²) in [6, 6.07) is 8.33. The van der Waals surface area contributed by atoms with Crippen molar-refractivity contribution in [1.82, 2.24) is 15.0 Å². The maximum absolute atomic E-state index is 13.3. The van der Waals surface area contributed by atoms with Gasteiger partial charge in [-0.15, -0.1) is 0 Å². The largest absolute Gasteiger partial charge is 0.368 e. The second-order valence-electron chi connectivity index (χ2n) is 7.45. The topological polar surface area (TPSA) is 62.5 Å². The quantitative estimate of drug-likeness (QED) is 0.690. The van der Waals surface area contributed by atoms with Crippen molar-refractivity contribution in [3.05, 3.63) is 53.1 Å². The molecule has 4 rings (SSSR count). The minimum Gasteiger partial charge on any atom is -0.368 e. The number of nitrogens with zero attached hydrogens (tertiary/aromatic N) is 4. The number of carbonyl (C=O) groups excluding carboxylic acids is 1. The molecule has 0 radical (unpaired) electrons. The second kappa shape index (κ2) is 7.22. The lowest BCUT2D eigenvalue weighted by Gasteiger charge is -2.36. The van der Waals surface area contributed by atoms with Crippen molar-refractivity contribution in [2.24, 2.45) is 0 Å². The van der Waals surface area contributed by atoms with Crippen LogP contribution in [-0.4, -0.2) is 47.1 Å². The van der Waals surface area contributed by atoms with Gasteiger partial charge in [-0.25, -0.2) is 9.37 Å². The summed E-state index contributed by atoms with van der Waals surface area (Å²) in [5, 5.41) is 4.69. The summed E-state index contributed by atoms with van der Waals surface area (Å²) in [6.45, 7) is 8.49. The van der Waals surface area contributed by atoms with Crippen LogP contribution in [0.15, 0.2) is 34.9 Å². The molecule has 28 heavy (non-hydrogen) atoms. The molecule has 0 bridgehead atoms. The van der Waals surface area contributed by atoms with E-state index in [-0.39, 0.29) is 17.6 Å². The number of halogens is 1. The third-order valence-corrected chi connectivity index (χ3v) is 5.22. The van der Waals surface area contributed by atoms with Gasteiger partial charge in [-0.2, -0.15) is 0 Å². The van der Waals surface area contributed by atoms with Gasteiger partial charge in [-0.3, -0.25) is 4.79 Å². The molecule has 6 nitrogen and oxygen atoms in total. The maximum atomic E-state index is 13.3. The predicted molar refractivity (Wildman–Crippen MR) is 105 cm³/mol. The Bertz CT molecular complexity index is 1010. The number of amides is 1. The van der Waals surface area contributed by atoms with Crippen molar-refractivity contribution < 1.29 is 13.7 Å². The molecule has 1 aliphatic heterocycles. The number of anilines is 1. The van der Waals surface area contributed by atoms with Crippen LogP contribution in [0.25, 0.3) is 11.1 Å². The summed E-state index contributed by atoms with van der Waals surface area (Å²) in [5.74, 6) is -0.0969. The highest BCUT2D eigenvalue weighted by atomic mass is 19.1. The van der Waals surface area contributed by atoms with Gasteiger partial charge in [0, 0.05) is 37.6 Å². The van der Waals surface area contributed by atoms with Gasteiger partial charge in [0.1, 0.15) is 5.82 Å². The van der Waals surface area contributed by atoms with Gasteiger partial charge in [-0.1, -0.05) is 19.0 Å². The van der Waals surface area contributed by atoms with Crippen LogP contribution in [0.2, 0.25) is 0 Å². The molecule has 0 aliphatic carbocycles. The van der Waals surface area contributed by atoms with E-state index < -0.39 is 0 Å². The molecule has 1 aliphatic rings. The Kier molecular flexibility index (Phi) is 4.75. The van der Waals surface area contributed by atoms with E-state index in [4.69, 9.17) is 4.52 Å². The highest BCUT2D eigenvalue weighted by molar-refractivity contribution is 6.06. The summed E-state index contributed by atoms with van der Waals surface area (Å²) in [6.07, 6.45) is 0. The Balaban J connectivity index is 1.57. The molecule has 0 atom stereocenters. The number of hydrogen-bond acceptors (Lipinski definition) is 5. The van der Waals surface area contributed by atoms with Gasteiger partial charge in [0.2, 0.25) is 0 Å². The molecule has 0 saturated carbocycles. The van der Waals surface area contributed by atoms with Crippen molar-refractivity contribution in [2.45, 2.75) is 26.7 Å². The van der Waals surface area contributed by atoms with Gasteiger partial charge in [-0.05, 0) is 43.2 Å². The first-order valence-corrected chi connectivity index (χ1v) is 9.50. The lowest BCUT2D eigenvalue weighted by atomic mass is 10.0. The number of aryl methyl sites for hydroxylation is 1. The monoisotopic (exact) mass is 382 g/mol. The minimum atomic E-state index is -0.246. The van der Waals surface area contributed by atoms with Crippen LogP contribution in [0.4, 0.5) is 10.1 Å². The molecule has 1 amide bonds. The van der Waals surface area contributed by atoms with E-state index in [9.17, 15) is 9.18 Å². The normalized spacial score (nSPS) is 14.9. The van der Waals surface area contributed by atoms with Crippen LogP contribution in [0.5, 0.6) is 0 Å². The lowest BCUT2D eigenvalue weighted by molar-refractivity contribution is 0.0748. The van der Waals surface area contributed by atoms with Crippen molar-refractivity contribution in [3.63, 3.8) is 0 Å². The van der Waals surface area contributed by atoms with Gasteiger partial charge in [0.15, 0.2) is 0 Å². The smallest absolute Gasteiger partial charge is 0.259 e. The average molecular weight is 382 g/mol. The molecule has 7 heteroatoms. The number of hydrogen-bond donors (Lipinski definition) is 0. The van der Waals surface area contributed by atoms with Crippen LogP contribution in [0, 0.1) is 12.7 Å². The standard InChI is InChI=1S/C21H23FN4O2/c1-13(2)18-12-17(19-14(3)24-28-20(19)23-18)21(27)26-10-8-25(9-11-26)16-6-4-15(22)5-7-16/h4-7,12-13H,8-11H2,1-3H3. The van der Waals surface area contributed by atoms with Gasteiger partial charge >= 0.3 is 0 Å². The Morgan fingerprint density at radius 3 is 2.46 bits per heavy atom. The number of aromatic nitrogens is 2. The van der Waals surface area contributed by atoms with E-state index >= 15 is 0 Å². The van der Waals surface area contributed by atoms with E-state index in [1.165, 1.54) is 12.1 Å². The molecule has 1 saturated heterocycles. The Morgan fingerprint density at radius 1 is 1.14 bits per heavy atom. The molecule has 1 aromatic carbocycles. The minimum absolute atomic E-state index is 0.0284. The zero-order valence-electron chi connectivity index (χ0n) is 16.3. The fraction of sp³-hybridized carbons (Fsp3) is 0.381. The molecule has 0 unspecified atom stereocenters. The first-order chi connectivity index (χ1) is 13.4. The highest BCUT2D eigenvalue weighted by Crippen LogP contribution is 2.27. The van der Waals surface area contributed by atoms with Crippen LogP contribution in [0.1, 0.15) is 41.5 Å². The summed E-state index contributed by atoms with van der Waals surface area (Å²) in [4.78, 5) is 21.8. The second-order valence-corrected chi connectivity index (χ2v) is 7.45. The molecule has 146 valence electrons. The summed E-state index contributed by atoms with van der Waals surface area (Å²) in [7, 11) is 0. The fourth-order valence-electron chi connectivity index (χ4n) is 3.57. The lowest BCUT2D eigenvalue weighted by Crippen LogP contribution is -2.48. The van der Waals surface area contributed by atoms with E-state index in [0.29, 0.717) is 48.5 Å². The first kappa shape index (κ1) is 18.4. The Labute approximate surface area is 162 Å². The molecular formula is C21H23FN4O2. The van der Waals surface area contributed by atoms with Gasteiger partial charge in [0.25, 0.3) is 11.6 Å². The van der Waals surface area contributed by atoms with E-state index in [1.807, 2.05) is 31.7 Å². The molecular weight excluding hydrogens is 359 g/mol. The highest BCUT2D eigenvalue weighted by Gasteiger charge is 2.26. The number of pyridine rings is 1. The van der Waals surface area contributed by atoms with Gasteiger partial charge in [0.05, 0.1) is 16.6 Å². The fourth-order valence-corrected chi connectivity index (χ4v) is 3.57. The number of rotatable bonds is 3. The number of carbonyl (C=O) groups is 1. The Hall–Kier alpha value is -2.96. The molecule has 0 spiro atoms. The number of fused-ring (bicyclic) bond motifs is 1. The van der Waals surface area contributed by atoms with Gasteiger partial charge < -0.3 is 14.3 Å². The average Bonchev–Trinajstić information content (AvgIpc) is 3.08. The van der Waals surface area contributed by atoms with E-state index in [0.717, 1.165) is 11.4 Å². The molecule has 0 N–H and O–H groups in total. The molecule has 3 aromatic rings. The zero-order valence-corrected chi connectivity index (χ0v) is 16.3. The molecule has 2 aromatic heterocycles. The van der Waals surface area contributed by atoms with Crippen molar-refractivity contribution in [2.75, 3.05) is 31.1 Å². The summed E-state index contributed by atoms with van der Waals surface area (Å²) < 4.78 is 18.5. The first-order valence-electron chi connectivity index (χ1n) is 9.50. The predicted octanol–water partition coefficient (Wildman–Crippen LogP) is 3.76. The maximum Gasteiger partial charge on any atom is 0.259 e. The van der Waals surface area contributed by atoms with Crippen molar-refractivity contribution in [3.8, 4) is 0 Å². The van der Waals surface area contributed by atoms with Crippen molar-refractivity contribution >= 4 is 22.7 Å². The van der Waals surface area contributed by atoms with Crippen LogP contribution in [-0.2, 0) is 0 Å². The summed E-state index contributed by atoms with van der Waals surface area (Å²) in [5.41, 5.74) is 3.47. The van der Waals surface area contributed by atoms with E-state index in [2.05, 4.69) is 15.0 Å². The van der Waals surface area contributed by atoms with E-state index in [1.54, 1.807) is 12.1 Å². The summed E-state index contributed by atoms with van der Waals surface area (Å²) >= 11 is 0. The number of benzene rings is 1. The third kappa shape index (κ3) is 3.32. The molecule has 3 heterocycles. The zero-order chi connectivity index (χ0) is 19.8.